The van der Waals surface area contributed by atoms with E-state index in [-0.39, 0.29) is 17.9 Å². The van der Waals surface area contributed by atoms with E-state index >= 15 is 0 Å². The maximum atomic E-state index is 13.0. The van der Waals surface area contributed by atoms with Crippen molar-refractivity contribution in [2.45, 2.75) is 63.7 Å². The number of aromatic nitrogens is 2. The highest BCUT2D eigenvalue weighted by molar-refractivity contribution is 5.79. The van der Waals surface area contributed by atoms with Gasteiger partial charge < -0.3 is 4.90 Å². The van der Waals surface area contributed by atoms with Crippen LogP contribution in [0, 0.1) is 5.92 Å². The third kappa shape index (κ3) is 4.44. The topological polar surface area (TPSA) is 38.1 Å². The van der Waals surface area contributed by atoms with E-state index in [1.807, 2.05) is 4.90 Å². The summed E-state index contributed by atoms with van der Waals surface area (Å²) in [5, 5.41) is 3.59. The minimum Gasteiger partial charge on any atom is -0.338 e. The number of nitrogens with zero attached hydrogens (tertiary/aromatic N) is 3. The van der Waals surface area contributed by atoms with E-state index in [4.69, 9.17) is 0 Å². The first-order chi connectivity index (χ1) is 11.9. The molecule has 1 atom stereocenters. The number of rotatable bonds is 5. The van der Waals surface area contributed by atoms with E-state index in [1.54, 1.807) is 0 Å². The fourth-order valence-electron chi connectivity index (χ4n) is 3.79. The van der Waals surface area contributed by atoms with Crippen LogP contribution >= 0.6 is 0 Å². The van der Waals surface area contributed by atoms with Crippen LogP contribution in [0.25, 0.3) is 0 Å². The Morgan fingerprint density at radius 1 is 1.24 bits per heavy atom. The lowest BCUT2D eigenvalue weighted by atomic mass is 9.92. The molecule has 7 heteroatoms. The van der Waals surface area contributed by atoms with E-state index in [9.17, 15) is 18.0 Å². The minimum absolute atomic E-state index is 0.00829. The second-order valence-corrected chi connectivity index (χ2v) is 6.91. The number of carbonyl (C=O) groups is 1. The molecular formula is C18H24F3N3O. The number of carbonyl (C=O) groups excluding carboxylic acids is 1. The maximum absolute atomic E-state index is 13.0. The molecule has 2 aliphatic carbocycles. The van der Waals surface area contributed by atoms with Gasteiger partial charge in [-0.25, -0.2) is 0 Å². The van der Waals surface area contributed by atoms with Crippen molar-refractivity contribution >= 4 is 5.91 Å². The quantitative estimate of drug-likeness (QED) is 0.748. The molecule has 0 saturated heterocycles. The number of hydrogen-bond donors (Lipinski definition) is 0. The lowest BCUT2D eigenvalue weighted by Crippen LogP contribution is -2.44. The molecule has 0 radical (unpaired) electrons. The molecule has 1 heterocycles. The van der Waals surface area contributed by atoms with Gasteiger partial charge in [-0.3, -0.25) is 9.48 Å². The van der Waals surface area contributed by atoms with Gasteiger partial charge in [-0.1, -0.05) is 25.0 Å². The largest absolute Gasteiger partial charge is 0.435 e. The van der Waals surface area contributed by atoms with Gasteiger partial charge in [0, 0.05) is 24.7 Å². The number of allylic oxidation sites excluding steroid dienone is 2. The van der Waals surface area contributed by atoms with E-state index in [0.29, 0.717) is 13.1 Å². The Balaban J connectivity index is 1.66. The molecule has 0 N–H and O–H groups in total. The normalized spacial score (nSPS) is 21.6. The summed E-state index contributed by atoms with van der Waals surface area (Å²) in [6.07, 6.45) is 7.81. The highest BCUT2D eigenvalue weighted by atomic mass is 19.4. The molecule has 3 rings (SSSR count). The highest BCUT2D eigenvalue weighted by Crippen LogP contribution is 2.29. The molecule has 0 spiro atoms. The van der Waals surface area contributed by atoms with Gasteiger partial charge in [-0.05, 0) is 38.2 Å². The second-order valence-electron chi connectivity index (χ2n) is 6.91. The van der Waals surface area contributed by atoms with E-state index in [1.165, 1.54) is 10.9 Å². The third-order valence-corrected chi connectivity index (χ3v) is 5.17. The fourth-order valence-corrected chi connectivity index (χ4v) is 3.79. The lowest BCUT2D eigenvalue weighted by Gasteiger charge is -2.33. The summed E-state index contributed by atoms with van der Waals surface area (Å²) >= 11 is 0. The van der Waals surface area contributed by atoms with Crippen LogP contribution in [0.1, 0.15) is 50.6 Å². The molecule has 1 amide bonds. The van der Waals surface area contributed by atoms with Crippen LogP contribution in [0.2, 0.25) is 0 Å². The molecular weight excluding hydrogens is 331 g/mol. The Bertz CT molecular complexity index is 617. The molecule has 0 unspecified atom stereocenters. The van der Waals surface area contributed by atoms with Crippen molar-refractivity contribution in [1.82, 2.24) is 14.7 Å². The van der Waals surface area contributed by atoms with Crippen LogP contribution in [0.3, 0.4) is 0 Å². The third-order valence-electron chi connectivity index (χ3n) is 5.17. The zero-order valence-corrected chi connectivity index (χ0v) is 14.2. The predicted molar refractivity (Wildman–Crippen MR) is 87.7 cm³/mol. The molecule has 0 bridgehead atoms. The molecule has 2 aliphatic rings. The number of alkyl halides is 3. The summed E-state index contributed by atoms with van der Waals surface area (Å²) in [5.41, 5.74) is -0.885. The van der Waals surface area contributed by atoms with Crippen molar-refractivity contribution in [2.24, 2.45) is 5.92 Å². The Morgan fingerprint density at radius 3 is 2.60 bits per heavy atom. The summed E-state index contributed by atoms with van der Waals surface area (Å²) in [5.74, 6) is 0.161. The van der Waals surface area contributed by atoms with E-state index < -0.39 is 11.9 Å². The van der Waals surface area contributed by atoms with E-state index in [2.05, 4.69) is 17.3 Å². The predicted octanol–water partition coefficient (Wildman–Crippen LogP) is 4.03. The molecule has 0 aromatic carbocycles. The Hall–Kier alpha value is -1.79. The van der Waals surface area contributed by atoms with Crippen molar-refractivity contribution in [3.05, 3.63) is 30.1 Å². The standard InChI is InChI=1S/C18H24F3N3O/c19-18(20,21)16-10-11-23(22-16)12-13-24(15-8-4-5-9-15)17(25)14-6-2-1-3-7-14/h1-2,10-11,14-15H,3-9,12-13H2/t14-/m0/s1. The summed E-state index contributed by atoms with van der Waals surface area (Å²) < 4.78 is 39.3. The Labute approximate surface area is 145 Å². The monoisotopic (exact) mass is 355 g/mol. The SMILES string of the molecule is O=C([C@H]1CC=CCC1)N(CCn1ccc(C(F)(F)F)n1)C1CCCC1. The maximum Gasteiger partial charge on any atom is 0.435 e. The van der Waals surface area contributed by atoms with Gasteiger partial charge in [0.05, 0.1) is 6.54 Å². The number of hydrogen-bond acceptors (Lipinski definition) is 2. The summed E-state index contributed by atoms with van der Waals surface area (Å²) in [7, 11) is 0. The first-order valence-electron chi connectivity index (χ1n) is 9.01. The zero-order chi connectivity index (χ0) is 17.9. The second kappa shape index (κ2) is 7.62. The average molecular weight is 355 g/mol. The number of amides is 1. The van der Waals surface area contributed by atoms with Crippen LogP contribution in [-0.2, 0) is 17.5 Å². The summed E-state index contributed by atoms with van der Waals surface area (Å²) in [6.45, 7) is 0.712. The summed E-state index contributed by atoms with van der Waals surface area (Å²) in [4.78, 5) is 14.9. The average Bonchev–Trinajstić information content (AvgIpc) is 3.27. The highest BCUT2D eigenvalue weighted by Gasteiger charge is 2.34. The molecule has 138 valence electrons. The first-order valence-corrected chi connectivity index (χ1v) is 9.01. The summed E-state index contributed by atoms with van der Waals surface area (Å²) in [6, 6.07) is 1.20. The van der Waals surface area contributed by atoms with Gasteiger partial charge in [0.1, 0.15) is 0 Å². The zero-order valence-electron chi connectivity index (χ0n) is 14.2. The van der Waals surface area contributed by atoms with Crippen LogP contribution < -0.4 is 0 Å². The van der Waals surface area contributed by atoms with Crippen molar-refractivity contribution in [3.63, 3.8) is 0 Å². The Morgan fingerprint density at radius 2 is 2.00 bits per heavy atom. The van der Waals surface area contributed by atoms with Gasteiger partial charge in [-0.2, -0.15) is 18.3 Å². The molecule has 1 saturated carbocycles. The van der Waals surface area contributed by atoms with Crippen molar-refractivity contribution < 1.29 is 18.0 Å². The molecule has 1 aromatic heterocycles. The van der Waals surface area contributed by atoms with Crippen LogP contribution in [0.5, 0.6) is 0 Å². The lowest BCUT2D eigenvalue weighted by molar-refractivity contribution is -0.142. The smallest absolute Gasteiger partial charge is 0.338 e. The van der Waals surface area contributed by atoms with Gasteiger partial charge >= 0.3 is 6.18 Å². The van der Waals surface area contributed by atoms with Crippen LogP contribution in [0.15, 0.2) is 24.4 Å². The first kappa shape index (κ1) is 18.0. The molecule has 1 aromatic rings. The fraction of sp³-hybridized carbons (Fsp3) is 0.667. The van der Waals surface area contributed by atoms with Crippen molar-refractivity contribution in [3.8, 4) is 0 Å². The number of halogens is 3. The van der Waals surface area contributed by atoms with E-state index in [0.717, 1.165) is 51.0 Å². The van der Waals surface area contributed by atoms with Crippen LogP contribution in [0.4, 0.5) is 13.2 Å². The minimum atomic E-state index is -4.43. The van der Waals surface area contributed by atoms with Gasteiger partial charge in [-0.15, -0.1) is 0 Å². The van der Waals surface area contributed by atoms with Gasteiger partial charge in [0.25, 0.3) is 0 Å². The molecule has 1 fully saturated rings. The van der Waals surface area contributed by atoms with Crippen molar-refractivity contribution in [2.75, 3.05) is 6.54 Å². The molecule has 4 nitrogen and oxygen atoms in total. The van der Waals surface area contributed by atoms with Gasteiger partial charge in [0.2, 0.25) is 5.91 Å². The Kier molecular flexibility index (Phi) is 5.49. The van der Waals surface area contributed by atoms with Crippen molar-refractivity contribution in [1.29, 1.82) is 0 Å². The van der Waals surface area contributed by atoms with Crippen LogP contribution in [-0.4, -0.2) is 33.2 Å². The molecule has 25 heavy (non-hydrogen) atoms. The van der Waals surface area contributed by atoms with Gasteiger partial charge in [0.15, 0.2) is 5.69 Å². The molecule has 0 aliphatic heterocycles.